The van der Waals surface area contributed by atoms with Gasteiger partial charge in [0.25, 0.3) is 0 Å². The van der Waals surface area contributed by atoms with Gasteiger partial charge >= 0.3 is 0 Å². The largest absolute Gasteiger partial charge is 0.392 e. The number of methoxy groups -OCH3 is 2. The molecule has 1 aliphatic rings. The Bertz CT molecular complexity index is 139. The molecule has 2 atom stereocenters. The smallest absolute Gasteiger partial charge is 0.169 e. The molecule has 1 fully saturated rings. The third-order valence-corrected chi connectivity index (χ3v) is 2.55. The van der Waals surface area contributed by atoms with Crippen LogP contribution in [-0.2, 0) is 9.47 Å². The zero-order valence-corrected chi connectivity index (χ0v) is 8.32. The van der Waals surface area contributed by atoms with Crippen molar-refractivity contribution in [3.8, 4) is 0 Å². The van der Waals surface area contributed by atoms with Gasteiger partial charge in [-0.2, -0.15) is 0 Å². The summed E-state index contributed by atoms with van der Waals surface area (Å²) < 4.78 is 10.1. The molecule has 0 heterocycles. The van der Waals surface area contributed by atoms with Crippen LogP contribution in [0.4, 0.5) is 0 Å². The molecule has 0 aromatic carbocycles. The van der Waals surface area contributed by atoms with Crippen LogP contribution in [0.25, 0.3) is 0 Å². The van der Waals surface area contributed by atoms with Gasteiger partial charge < -0.3 is 19.9 Å². The van der Waals surface area contributed by atoms with Crippen LogP contribution in [-0.4, -0.2) is 44.3 Å². The summed E-state index contributed by atoms with van der Waals surface area (Å²) in [5.74, 6) is 0. The minimum atomic E-state index is -0.215. The predicted molar refractivity (Wildman–Crippen MR) is 49.5 cm³/mol. The van der Waals surface area contributed by atoms with E-state index in [1.165, 1.54) is 0 Å². The molecule has 0 radical (unpaired) electrons. The van der Waals surface area contributed by atoms with Crippen molar-refractivity contribution in [2.24, 2.45) is 0 Å². The van der Waals surface area contributed by atoms with Crippen molar-refractivity contribution in [1.82, 2.24) is 5.32 Å². The molecule has 0 spiro atoms. The van der Waals surface area contributed by atoms with E-state index >= 15 is 0 Å². The summed E-state index contributed by atoms with van der Waals surface area (Å²) in [7, 11) is 3.22. The number of rotatable bonds is 5. The molecule has 78 valence electrons. The van der Waals surface area contributed by atoms with Gasteiger partial charge in [-0.15, -0.1) is 0 Å². The fraction of sp³-hybridized carbons (Fsp3) is 1.00. The van der Waals surface area contributed by atoms with Crippen molar-refractivity contribution < 1.29 is 14.6 Å². The maximum Gasteiger partial charge on any atom is 0.169 e. The predicted octanol–water partition coefficient (Wildman–Crippen LogP) is 0.108. The lowest BCUT2D eigenvalue weighted by molar-refractivity contribution is -0.101. The van der Waals surface area contributed by atoms with Crippen molar-refractivity contribution in [2.45, 2.75) is 37.7 Å². The average Bonchev–Trinajstić information content (AvgIpc) is 2.54. The fourth-order valence-corrected chi connectivity index (χ4v) is 1.69. The summed E-state index contributed by atoms with van der Waals surface area (Å²) >= 11 is 0. The standard InChI is InChI=1S/C9H19NO3/c1-12-9(13-2)6-10-7-4-3-5-8(7)11/h7-11H,3-6H2,1-2H3/t7-,8-/m1/s1. The highest BCUT2D eigenvalue weighted by Crippen LogP contribution is 2.18. The number of ether oxygens (including phenoxy) is 2. The monoisotopic (exact) mass is 189 g/mol. The van der Waals surface area contributed by atoms with Crippen LogP contribution in [0.1, 0.15) is 19.3 Å². The zero-order chi connectivity index (χ0) is 9.68. The topological polar surface area (TPSA) is 50.7 Å². The van der Waals surface area contributed by atoms with E-state index in [9.17, 15) is 5.11 Å². The van der Waals surface area contributed by atoms with Crippen LogP contribution >= 0.6 is 0 Å². The van der Waals surface area contributed by atoms with E-state index in [4.69, 9.17) is 9.47 Å². The summed E-state index contributed by atoms with van der Waals surface area (Å²) in [5, 5.41) is 12.7. The highest BCUT2D eigenvalue weighted by molar-refractivity contribution is 4.82. The van der Waals surface area contributed by atoms with Crippen LogP contribution in [0.2, 0.25) is 0 Å². The molecule has 13 heavy (non-hydrogen) atoms. The molecule has 0 amide bonds. The number of hydrogen-bond acceptors (Lipinski definition) is 4. The number of aliphatic hydroxyl groups excluding tert-OH is 1. The molecular weight excluding hydrogens is 170 g/mol. The van der Waals surface area contributed by atoms with E-state index in [0.717, 1.165) is 19.3 Å². The Morgan fingerprint density at radius 3 is 2.54 bits per heavy atom. The summed E-state index contributed by atoms with van der Waals surface area (Å²) in [6.07, 6.45) is 2.63. The normalized spacial score (nSPS) is 28.6. The van der Waals surface area contributed by atoms with Crippen molar-refractivity contribution in [3.05, 3.63) is 0 Å². The van der Waals surface area contributed by atoms with Gasteiger partial charge in [-0.1, -0.05) is 0 Å². The van der Waals surface area contributed by atoms with E-state index in [0.29, 0.717) is 6.54 Å². The van der Waals surface area contributed by atoms with Crippen LogP contribution in [0.5, 0.6) is 0 Å². The minimum absolute atomic E-state index is 0.200. The van der Waals surface area contributed by atoms with Gasteiger partial charge in [-0.05, 0) is 19.3 Å². The quantitative estimate of drug-likeness (QED) is 0.603. The first-order valence-electron chi connectivity index (χ1n) is 4.75. The van der Waals surface area contributed by atoms with E-state index in [1.807, 2.05) is 0 Å². The summed E-state index contributed by atoms with van der Waals surface area (Å²) in [6, 6.07) is 0.216. The van der Waals surface area contributed by atoms with Gasteiger partial charge in [0, 0.05) is 26.8 Å². The summed E-state index contributed by atoms with van der Waals surface area (Å²) in [4.78, 5) is 0. The fourth-order valence-electron chi connectivity index (χ4n) is 1.69. The van der Waals surface area contributed by atoms with E-state index in [1.54, 1.807) is 14.2 Å². The Hall–Kier alpha value is -0.160. The van der Waals surface area contributed by atoms with Gasteiger partial charge in [0.05, 0.1) is 6.10 Å². The van der Waals surface area contributed by atoms with Crippen molar-refractivity contribution in [1.29, 1.82) is 0 Å². The Morgan fingerprint density at radius 1 is 1.38 bits per heavy atom. The minimum Gasteiger partial charge on any atom is -0.392 e. The first kappa shape index (κ1) is 10.9. The molecule has 1 rings (SSSR count). The summed E-state index contributed by atoms with van der Waals surface area (Å²) in [5.41, 5.74) is 0. The Labute approximate surface area is 79.2 Å². The second-order valence-electron chi connectivity index (χ2n) is 3.41. The molecular formula is C9H19NO3. The van der Waals surface area contributed by atoms with Gasteiger partial charge in [0.2, 0.25) is 0 Å². The highest BCUT2D eigenvalue weighted by Gasteiger charge is 2.25. The lowest BCUT2D eigenvalue weighted by Crippen LogP contribution is -2.41. The van der Waals surface area contributed by atoms with Crippen LogP contribution < -0.4 is 5.32 Å². The van der Waals surface area contributed by atoms with Crippen LogP contribution in [0.15, 0.2) is 0 Å². The Morgan fingerprint density at radius 2 is 2.08 bits per heavy atom. The van der Waals surface area contributed by atoms with Crippen molar-refractivity contribution >= 4 is 0 Å². The molecule has 4 nitrogen and oxygen atoms in total. The SMILES string of the molecule is COC(CN[C@@H]1CCC[C@H]1O)OC. The zero-order valence-electron chi connectivity index (χ0n) is 8.32. The second kappa shape index (κ2) is 5.54. The maximum atomic E-state index is 9.50. The van der Waals surface area contributed by atoms with Gasteiger partial charge in [0.1, 0.15) is 0 Å². The second-order valence-corrected chi connectivity index (χ2v) is 3.41. The third kappa shape index (κ3) is 3.23. The molecule has 0 bridgehead atoms. The lowest BCUT2D eigenvalue weighted by atomic mass is 10.2. The average molecular weight is 189 g/mol. The molecule has 0 aromatic heterocycles. The summed E-state index contributed by atoms with van der Waals surface area (Å²) in [6.45, 7) is 0.634. The molecule has 2 N–H and O–H groups in total. The van der Waals surface area contributed by atoms with Gasteiger partial charge in [-0.25, -0.2) is 0 Å². The lowest BCUT2D eigenvalue weighted by Gasteiger charge is -2.20. The number of aliphatic hydroxyl groups is 1. The first-order valence-corrected chi connectivity index (χ1v) is 4.75. The molecule has 0 aromatic rings. The molecule has 4 heteroatoms. The highest BCUT2D eigenvalue weighted by atomic mass is 16.7. The Kier molecular flexibility index (Phi) is 4.66. The molecule has 1 aliphatic carbocycles. The molecule has 1 saturated carbocycles. The molecule has 0 aliphatic heterocycles. The Balaban J connectivity index is 2.17. The molecule has 0 saturated heterocycles. The van der Waals surface area contributed by atoms with Crippen molar-refractivity contribution in [2.75, 3.05) is 20.8 Å². The van der Waals surface area contributed by atoms with Crippen LogP contribution in [0, 0.1) is 0 Å². The van der Waals surface area contributed by atoms with Crippen LogP contribution in [0.3, 0.4) is 0 Å². The number of hydrogen-bond donors (Lipinski definition) is 2. The van der Waals surface area contributed by atoms with E-state index in [2.05, 4.69) is 5.32 Å². The van der Waals surface area contributed by atoms with E-state index in [-0.39, 0.29) is 18.4 Å². The maximum absolute atomic E-state index is 9.50. The van der Waals surface area contributed by atoms with Gasteiger partial charge in [0.15, 0.2) is 6.29 Å². The first-order chi connectivity index (χ1) is 6.27. The molecule has 0 unspecified atom stereocenters. The van der Waals surface area contributed by atoms with E-state index < -0.39 is 0 Å². The number of nitrogens with one attached hydrogen (secondary N) is 1. The van der Waals surface area contributed by atoms with Crippen molar-refractivity contribution in [3.63, 3.8) is 0 Å². The third-order valence-electron chi connectivity index (χ3n) is 2.55. The van der Waals surface area contributed by atoms with Gasteiger partial charge in [-0.3, -0.25) is 0 Å².